The minimum absolute atomic E-state index is 0.624. The molecule has 0 aliphatic carbocycles. The number of rotatable bonds is 7. The molecule has 0 radical (unpaired) electrons. The van der Waals surface area contributed by atoms with Crippen molar-refractivity contribution in [2.75, 3.05) is 18.8 Å². The molecule has 0 bridgehead atoms. The zero-order valence-electron chi connectivity index (χ0n) is 18.0. The van der Waals surface area contributed by atoms with E-state index in [1.807, 2.05) is 0 Å². The Morgan fingerprint density at radius 1 is 1.00 bits per heavy atom. The van der Waals surface area contributed by atoms with Crippen LogP contribution in [0, 0.1) is 12.8 Å². The summed E-state index contributed by atoms with van der Waals surface area (Å²) in [6.07, 6.45) is 12.8. The summed E-state index contributed by atoms with van der Waals surface area (Å²) < 4.78 is 0. The second-order valence-corrected chi connectivity index (χ2v) is 12.8. The first kappa shape index (κ1) is 21.0. The standard InChI is InChI=1S/C24H37NS/c1-9-20(10-2)22-15-23(25-16-24(22)26(6,7)8)21-12-11-19(13-17(3)4)14-18(21)5/h11-12,14-17,20H,9-10,13H2,1-8H3. The quantitative estimate of drug-likeness (QED) is 0.501. The smallest absolute Gasteiger partial charge is 0.0708 e. The molecule has 1 nitrogen and oxygen atoms in total. The lowest BCUT2D eigenvalue weighted by molar-refractivity contribution is 0.629. The summed E-state index contributed by atoms with van der Waals surface area (Å²) >= 11 is 0. The van der Waals surface area contributed by atoms with Gasteiger partial charge in [0.25, 0.3) is 0 Å². The molecule has 2 heteroatoms. The molecule has 0 saturated heterocycles. The van der Waals surface area contributed by atoms with Crippen LogP contribution < -0.4 is 0 Å². The van der Waals surface area contributed by atoms with Crippen molar-refractivity contribution in [3.8, 4) is 11.3 Å². The summed E-state index contributed by atoms with van der Waals surface area (Å²) in [5.41, 5.74) is 6.69. The predicted octanol–water partition coefficient (Wildman–Crippen LogP) is 7.21. The Morgan fingerprint density at radius 2 is 1.65 bits per heavy atom. The van der Waals surface area contributed by atoms with Crippen LogP contribution in [0.1, 0.15) is 63.1 Å². The number of aryl methyl sites for hydroxylation is 1. The van der Waals surface area contributed by atoms with Gasteiger partial charge in [0, 0.05) is 16.7 Å². The van der Waals surface area contributed by atoms with Crippen LogP contribution in [0.15, 0.2) is 35.4 Å². The van der Waals surface area contributed by atoms with Crippen molar-refractivity contribution < 1.29 is 0 Å². The summed E-state index contributed by atoms with van der Waals surface area (Å²) in [6, 6.07) is 9.28. The maximum absolute atomic E-state index is 4.90. The average molecular weight is 372 g/mol. The van der Waals surface area contributed by atoms with Crippen LogP contribution >= 0.6 is 10.0 Å². The van der Waals surface area contributed by atoms with E-state index in [-0.39, 0.29) is 0 Å². The van der Waals surface area contributed by atoms with Crippen molar-refractivity contribution in [1.29, 1.82) is 0 Å². The summed E-state index contributed by atoms with van der Waals surface area (Å²) in [7, 11) is -0.790. The molecule has 0 aliphatic heterocycles. The minimum atomic E-state index is -0.790. The van der Waals surface area contributed by atoms with Crippen LogP contribution in [-0.4, -0.2) is 23.8 Å². The molecule has 2 aromatic rings. The van der Waals surface area contributed by atoms with Crippen LogP contribution in [-0.2, 0) is 6.42 Å². The highest BCUT2D eigenvalue weighted by Gasteiger charge is 2.20. The maximum Gasteiger partial charge on any atom is 0.0708 e. The van der Waals surface area contributed by atoms with Gasteiger partial charge in [-0.3, -0.25) is 4.98 Å². The highest BCUT2D eigenvalue weighted by Crippen LogP contribution is 2.49. The fraction of sp³-hybridized carbons (Fsp3) is 0.542. The number of nitrogens with zero attached hydrogens (tertiary/aromatic N) is 1. The van der Waals surface area contributed by atoms with E-state index in [0.717, 1.165) is 12.1 Å². The van der Waals surface area contributed by atoms with Crippen molar-refractivity contribution in [2.24, 2.45) is 5.92 Å². The lowest BCUT2D eigenvalue weighted by Crippen LogP contribution is -2.06. The van der Waals surface area contributed by atoms with Gasteiger partial charge < -0.3 is 0 Å². The SMILES string of the molecule is CCC(CC)c1cc(-c2ccc(CC(C)C)cc2C)ncc1S(C)(C)C. The Kier molecular flexibility index (Phi) is 6.96. The molecule has 0 atom stereocenters. The van der Waals surface area contributed by atoms with E-state index in [2.05, 4.69) is 83.8 Å². The fourth-order valence-corrected chi connectivity index (χ4v) is 5.08. The minimum Gasteiger partial charge on any atom is -0.255 e. The fourth-order valence-electron chi connectivity index (χ4n) is 3.78. The molecule has 0 spiro atoms. The number of aromatic nitrogens is 1. The van der Waals surface area contributed by atoms with E-state index in [0.29, 0.717) is 11.8 Å². The molecule has 0 N–H and O–H groups in total. The molecule has 1 heterocycles. The molecule has 1 aromatic heterocycles. The molecule has 0 aliphatic rings. The monoisotopic (exact) mass is 371 g/mol. The number of pyridine rings is 1. The Hall–Kier alpha value is -1.28. The first-order valence-electron chi connectivity index (χ1n) is 9.95. The van der Waals surface area contributed by atoms with E-state index >= 15 is 0 Å². The van der Waals surface area contributed by atoms with Crippen LogP contribution in [0.2, 0.25) is 0 Å². The van der Waals surface area contributed by atoms with E-state index in [9.17, 15) is 0 Å². The Labute approximate surface area is 163 Å². The molecule has 26 heavy (non-hydrogen) atoms. The number of benzene rings is 1. The molecule has 0 amide bonds. The summed E-state index contributed by atoms with van der Waals surface area (Å²) in [5, 5.41) is 0. The third kappa shape index (κ3) is 4.91. The third-order valence-electron chi connectivity index (χ3n) is 5.19. The summed E-state index contributed by atoms with van der Waals surface area (Å²) in [6.45, 7) is 11.4. The van der Waals surface area contributed by atoms with Crippen LogP contribution in [0.4, 0.5) is 0 Å². The van der Waals surface area contributed by atoms with Crippen molar-refractivity contribution in [1.82, 2.24) is 4.98 Å². The van der Waals surface area contributed by atoms with Gasteiger partial charge in [0.15, 0.2) is 0 Å². The van der Waals surface area contributed by atoms with Gasteiger partial charge in [-0.15, -0.1) is 0 Å². The van der Waals surface area contributed by atoms with Gasteiger partial charge in [-0.2, -0.15) is 0 Å². The van der Waals surface area contributed by atoms with Gasteiger partial charge in [-0.1, -0.05) is 45.9 Å². The third-order valence-corrected chi connectivity index (χ3v) is 6.85. The molecular weight excluding hydrogens is 334 g/mol. The lowest BCUT2D eigenvalue weighted by atomic mass is 9.92. The second-order valence-electron chi connectivity index (χ2n) is 8.71. The normalized spacial score (nSPS) is 12.8. The molecular formula is C24H37NS. The van der Waals surface area contributed by atoms with Crippen molar-refractivity contribution in [3.05, 3.63) is 47.2 Å². The van der Waals surface area contributed by atoms with E-state index < -0.39 is 10.0 Å². The summed E-state index contributed by atoms with van der Waals surface area (Å²) in [4.78, 5) is 6.38. The molecule has 144 valence electrons. The molecule has 0 unspecified atom stereocenters. The van der Waals surface area contributed by atoms with E-state index in [4.69, 9.17) is 4.98 Å². The van der Waals surface area contributed by atoms with Gasteiger partial charge in [0.05, 0.1) is 5.69 Å². The van der Waals surface area contributed by atoms with Gasteiger partial charge >= 0.3 is 0 Å². The van der Waals surface area contributed by atoms with Gasteiger partial charge in [-0.05, 0) is 79.5 Å². The average Bonchev–Trinajstić information content (AvgIpc) is 2.54. The largest absolute Gasteiger partial charge is 0.255 e. The molecule has 0 fully saturated rings. The zero-order chi connectivity index (χ0) is 19.5. The summed E-state index contributed by atoms with van der Waals surface area (Å²) in [5.74, 6) is 1.31. The van der Waals surface area contributed by atoms with E-state index in [1.165, 1.54) is 40.0 Å². The molecule has 0 saturated carbocycles. The first-order chi connectivity index (χ1) is 12.2. The van der Waals surface area contributed by atoms with Gasteiger partial charge in [-0.25, -0.2) is 10.0 Å². The Balaban J connectivity index is 2.52. The lowest BCUT2D eigenvalue weighted by Gasteiger charge is -2.31. The predicted molar refractivity (Wildman–Crippen MR) is 120 cm³/mol. The maximum atomic E-state index is 4.90. The topological polar surface area (TPSA) is 12.9 Å². The second kappa shape index (κ2) is 8.61. The van der Waals surface area contributed by atoms with Crippen LogP contribution in [0.25, 0.3) is 11.3 Å². The van der Waals surface area contributed by atoms with Crippen molar-refractivity contribution in [3.63, 3.8) is 0 Å². The highest BCUT2D eigenvalue weighted by atomic mass is 32.3. The van der Waals surface area contributed by atoms with E-state index in [1.54, 1.807) is 0 Å². The Bertz CT molecular complexity index is 736. The highest BCUT2D eigenvalue weighted by molar-refractivity contribution is 8.32. The number of hydrogen-bond donors (Lipinski definition) is 0. The Morgan fingerprint density at radius 3 is 2.15 bits per heavy atom. The molecule has 1 aromatic carbocycles. The van der Waals surface area contributed by atoms with Gasteiger partial charge in [0.2, 0.25) is 0 Å². The first-order valence-corrected chi connectivity index (χ1v) is 12.8. The molecule has 2 rings (SSSR count). The van der Waals surface area contributed by atoms with Crippen molar-refractivity contribution >= 4 is 10.0 Å². The van der Waals surface area contributed by atoms with Gasteiger partial charge in [0.1, 0.15) is 0 Å². The zero-order valence-corrected chi connectivity index (χ0v) is 18.8. The van der Waals surface area contributed by atoms with Crippen LogP contribution in [0.3, 0.4) is 0 Å². The van der Waals surface area contributed by atoms with Crippen molar-refractivity contribution in [2.45, 2.75) is 64.7 Å². The number of hydrogen-bond acceptors (Lipinski definition) is 1. The van der Waals surface area contributed by atoms with Crippen LogP contribution in [0.5, 0.6) is 0 Å².